The zero-order valence-corrected chi connectivity index (χ0v) is 13.3. The number of nitrogens with two attached hydrogens (primary N) is 1. The molecule has 2 heterocycles. The lowest BCUT2D eigenvalue weighted by molar-refractivity contribution is -0.120. The second-order valence-corrected chi connectivity index (χ2v) is 6.59. The topological polar surface area (TPSA) is 44.5 Å². The van der Waals surface area contributed by atoms with Gasteiger partial charge in [-0.25, -0.2) is 0 Å². The Morgan fingerprint density at radius 3 is 2.86 bits per heavy atom. The van der Waals surface area contributed by atoms with E-state index in [4.69, 9.17) is 15.2 Å². The van der Waals surface area contributed by atoms with Crippen molar-refractivity contribution < 1.29 is 9.47 Å². The van der Waals surface area contributed by atoms with E-state index in [0.29, 0.717) is 6.61 Å². The molecule has 1 atom stereocenters. The smallest absolute Gasteiger partial charge is 0.0879 e. The van der Waals surface area contributed by atoms with Gasteiger partial charge in [0.1, 0.15) is 0 Å². The molecule has 0 bridgehead atoms. The summed E-state index contributed by atoms with van der Waals surface area (Å²) in [5, 5.41) is 3.57. The van der Waals surface area contributed by atoms with Crippen LogP contribution in [-0.2, 0) is 15.9 Å². The van der Waals surface area contributed by atoms with Gasteiger partial charge in [0, 0.05) is 43.4 Å². The lowest BCUT2D eigenvalue weighted by Crippen LogP contribution is -2.54. The van der Waals surface area contributed by atoms with Crippen molar-refractivity contribution >= 4 is 21.4 Å². The van der Waals surface area contributed by atoms with Gasteiger partial charge in [0.15, 0.2) is 0 Å². The molecule has 0 amide bonds. The number of hydrogen-bond acceptors (Lipinski definition) is 4. The molecule has 1 unspecified atom stereocenters. The van der Waals surface area contributed by atoms with Crippen molar-refractivity contribution in [3.8, 4) is 0 Å². The minimum atomic E-state index is -0.226. The summed E-state index contributed by atoms with van der Waals surface area (Å²) in [4.78, 5) is 0. The first-order valence-corrected chi connectivity index (χ1v) is 8.55. The van der Waals surface area contributed by atoms with Crippen molar-refractivity contribution in [1.82, 2.24) is 0 Å². The van der Waals surface area contributed by atoms with Crippen LogP contribution < -0.4 is 5.73 Å². The van der Waals surface area contributed by atoms with E-state index in [0.717, 1.165) is 32.5 Å². The summed E-state index contributed by atoms with van der Waals surface area (Å²) in [6, 6.07) is 8.55. The summed E-state index contributed by atoms with van der Waals surface area (Å²) in [5.74, 6) is 0. The molecule has 2 N–H and O–H groups in total. The molecule has 4 heteroatoms. The van der Waals surface area contributed by atoms with E-state index >= 15 is 0 Å². The number of ether oxygens (including phenoxy) is 2. The van der Waals surface area contributed by atoms with E-state index in [2.05, 4.69) is 29.6 Å². The number of hydrogen-bond donors (Lipinski definition) is 1. The predicted molar refractivity (Wildman–Crippen MR) is 87.9 cm³/mol. The van der Waals surface area contributed by atoms with Crippen molar-refractivity contribution in [3.63, 3.8) is 0 Å². The minimum absolute atomic E-state index is 0.0133. The number of rotatable bonds is 5. The van der Waals surface area contributed by atoms with Crippen LogP contribution in [0.5, 0.6) is 0 Å². The fourth-order valence-corrected chi connectivity index (χ4v) is 4.22. The van der Waals surface area contributed by atoms with Crippen molar-refractivity contribution in [2.45, 2.75) is 37.8 Å². The van der Waals surface area contributed by atoms with Gasteiger partial charge in [-0.05, 0) is 35.7 Å². The Morgan fingerprint density at radius 1 is 1.33 bits per heavy atom. The third kappa shape index (κ3) is 2.99. The predicted octanol–water partition coefficient (Wildman–Crippen LogP) is 3.36. The Balaban J connectivity index is 1.82. The van der Waals surface area contributed by atoms with E-state index in [1.807, 2.05) is 6.92 Å². The summed E-state index contributed by atoms with van der Waals surface area (Å²) in [6.07, 6.45) is 2.65. The van der Waals surface area contributed by atoms with Crippen molar-refractivity contribution in [2.75, 3.05) is 19.8 Å². The Labute approximate surface area is 130 Å². The summed E-state index contributed by atoms with van der Waals surface area (Å²) < 4.78 is 12.9. The number of fused-ring (bicyclic) bond motifs is 1. The maximum atomic E-state index is 6.58. The van der Waals surface area contributed by atoms with Crippen LogP contribution >= 0.6 is 11.3 Å². The van der Waals surface area contributed by atoms with E-state index in [9.17, 15) is 0 Å². The van der Waals surface area contributed by atoms with Gasteiger partial charge in [-0.15, -0.1) is 11.3 Å². The van der Waals surface area contributed by atoms with Crippen LogP contribution in [0.15, 0.2) is 29.6 Å². The highest BCUT2D eigenvalue weighted by atomic mass is 32.1. The molecule has 0 aliphatic carbocycles. The molecule has 1 fully saturated rings. The molecule has 1 saturated heterocycles. The molecule has 114 valence electrons. The first kappa shape index (κ1) is 15.0. The monoisotopic (exact) mass is 305 g/mol. The molecule has 1 aromatic heterocycles. The van der Waals surface area contributed by atoms with Gasteiger partial charge in [-0.1, -0.05) is 18.2 Å². The van der Waals surface area contributed by atoms with Gasteiger partial charge in [0.2, 0.25) is 0 Å². The van der Waals surface area contributed by atoms with Crippen molar-refractivity contribution in [2.24, 2.45) is 5.73 Å². The fourth-order valence-electron chi connectivity index (χ4n) is 3.24. The average molecular weight is 305 g/mol. The van der Waals surface area contributed by atoms with Gasteiger partial charge in [-0.3, -0.25) is 0 Å². The quantitative estimate of drug-likeness (QED) is 0.921. The summed E-state index contributed by atoms with van der Waals surface area (Å²) in [7, 11) is 0. The van der Waals surface area contributed by atoms with Gasteiger partial charge in [0.05, 0.1) is 5.60 Å². The van der Waals surface area contributed by atoms with Crippen LogP contribution in [0, 0.1) is 0 Å². The first-order chi connectivity index (χ1) is 10.2. The third-order valence-electron chi connectivity index (χ3n) is 4.45. The molecule has 0 spiro atoms. The molecular weight excluding hydrogens is 282 g/mol. The van der Waals surface area contributed by atoms with Crippen LogP contribution in [0.1, 0.15) is 25.3 Å². The largest absolute Gasteiger partial charge is 0.381 e. The van der Waals surface area contributed by atoms with Crippen LogP contribution in [0.2, 0.25) is 0 Å². The molecule has 2 aromatic rings. The standard InChI is InChI=1S/C17H23NO2S/c1-2-20-17(7-9-19-10-8-17)16(18)11-13-12-21-15-6-4-3-5-14(13)15/h3-6,12,16H,2,7-11,18H2,1H3. The van der Waals surface area contributed by atoms with Crippen LogP contribution in [0.3, 0.4) is 0 Å². The average Bonchev–Trinajstić information content (AvgIpc) is 2.92. The fraction of sp³-hybridized carbons (Fsp3) is 0.529. The lowest BCUT2D eigenvalue weighted by atomic mass is 9.83. The zero-order valence-electron chi connectivity index (χ0n) is 12.5. The summed E-state index contributed by atoms with van der Waals surface area (Å²) in [5.41, 5.74) is 7.69. The Bertz CT molecular complexity index is 584. The molecule has 0 saturated carbocycles. The molecule has 1 aromatic carbocycles. The van der Waals surface area contributed by atoms with Crippen LogP contribution in [0.25, 0.3) is 10.1 Å². The minimum Gasteiger partial charge on any atom is -0.381 e. The van der Waals surface area contributed by atoms with Crippen LogP contribution in [-0.4, -0.2) is 31.5 Å². The first-order valence-electron chi connectivity index (χ1n) is 7.67. The van der Waals surface area contributed by atoms with E-state index in [-0.39, 0.29) is 11.6 Å². The third-order valence-corrected chi connectivity index (χ3v) is 5.46. The Kier molecular flexibility index (Phi) is 4.60. The Hall–Kier alpha value is -0.940. The highest BCUT2D eigenvalue weighted by Crippen LogP contribution is 2.32. The van der Waals surface area contributed by atoms with E-state index < -0.39 is 0 Å². The maximum Gasteiger partial charge on any atom is 0.0879 e. The summed E-state index contributed by atoms with van der Waals surface area (Å²) >= 11 is 1.79. The Morgan fingerprint density at radius 2 is 2.10 bits per heavy atom. The van der Waals surface area contributed by atoms with Gasteiger partial charge in [0.25, 0.3) is 0 Å². The van der Waals surface area contributed by atoms with E-state index in [1.165, 1.54) is 15.6 Å². The SMILES string of the molecule is CCOC1(C(N)Cc2csc3ccccc23)CCOCC1. The normalized spacial score (nSPS) is 19.7. The second-order valence-electron chi connectivity index (χ2n) is 5.68. The highest BCUT2D eigenvalue weighted by molar-refractivity contribution is 7.17. The number of benzene rings is 1. The van der Waals surface area contributed by atoms with Crippen molar-refractivity contribution in [1.29, 1.82) is 0 Å². The van der Waals surface area contributed by atoms with Gasteiger partial charge < -0.3 is 15.2 Å². The molecule has 1 aliphatic rings. The highest BCUT2D eigenvalue weighted by Gasteiger charge is 2.39. The van der Waals surface area contributed by atoms with Crippen molar-refractivity contribution in [3.05, 3.63) is 35.2 Å². The van der Waals surface area contributed by atoms with Gasteiger partial charge >= 0.3 is 0 Å². The van der Waals surface area contributed by atoms with E-state index in [1.54, 1.807) is 11.3 Å². The molecule has 0 radical (unpaired) electrons. The maximum absolute atomic E-state index is 6.58. The molecule has 3 rings (SSSR count). The molecular formula is C17H23NO2S. The molecule has 1 aliphatic heterocycles. The molecule has 21 heavy (non-hydrogen) atoms. The van der Waals surface area contributed by atoms with Gasteiger partial charge in [-0.2, -0.15) is 0 Å². The molecule has 3 nitrogen and oxygen atoms in total. The second kappa shape index (κ2) is 6.44. The lowest BCUT2D eigenvalue weighted by Gasteiger charge is -2.41. The number of thiophene rings is 1. The zero-order chi connectivity index (χ0) is 14.7. The summed E-state index contributed by atoms with van der Waals surface area (Å²) in [6.45, 7) is 4.25. The van der Waals surface area contributed by atoms with Crippen LogP contribution in [0.4, 0.5) is 0 Å².